The van der Waals surface area contributed by atoms with Crippen LogP contribution in [0.4, 0.5) is 5.95 Å². The second-order valence-electron chi connectivity index (χ2n) is 7.40. The number of imide groups is 1. The molecule has 0 saturated carbocycles. The van der Waals surface area contributed by atoms with Crippen LogP contribution in [0, 0.1) is 20.8 Å². The van der Waals surface area contributed by atoms with Gasteiger partial charge in [0.15, 0.2) is 0 Å². The summed E-state index contributed by atoms with van der Waals surface area (Å²) in [5.74, 6) is 0.990. The minimum Gasteiger partial charge on any atom is -0.274 e. The summed E-state index contributed by atoms with van der Waals surface area (Å²) in [4.78, 5) is 40.7. The summed E-state index contributed by atoms with van der Waals surface area (Å²) in [6.07, 6.45) is 0. The predicted molar refractivity (Wildman–Crippen MR) is 117 cm³/mol. The third kappa shape index (κ3) is 8.05. The van der Waals surface area contributed by atoms with Crippen LogP contribution in [0.2, 0.25) is 0 Å². The number of rotatable bonds is 3. The molecular formula is C22H35N5O2. The highest BCUT2D eigenvalue weighted by atomic mass is 16.2. The van der Waals surface area contributed by atoms with E-state index in [1.165, 1.54) is 13.8 Å². The van der Waals surface area contributed by atoms with E-state index in [2.05, 4.69) is 33.8 Å². The highest BCUT2D eigenvalue weighted by Crippen LogP contribution is 2.17. The maximum absolute atomic E-state index is 11.4. The first-order valence-corrected chi connectivity index (χ1v) is 9.41. The van der Waals surface area contributed by atoms with E-state index in [9.17, 15) is 9.59 Å². The lowest BCUT2D eigenvalue weighted by Crippen LogP contribution is -2.35. The van der Waals surface area contributed by atoms with Crippen LogP contribution in [-0.4, -0.2) is 31.8 Å². The zero-order valence-electron chi connectivity index (χ0n) is 18.4. The fourth-order valence-electron chi connectivity index (χ4n) is 2.52. The summed E-state index contributed by atoms with van der Waals surface area (Å²) in [6, 6.07) is 3.89. The molecule has 0 atom stereocenters. The van der Waals surface area contributed by atoms with Crippen molar-refractivity contribution in [2.45, 2.75) is 81.6 Å². The molecule has 0 fully saturated rings. The summed E-state index contributed by atoms with van der Waals surface area (Å²) in [7, 11) is 0. The van der Waals surface area contributed by atoms with Gasteiger partial charge in [-0.25, -0.2) is 24.8 Å². The fourth-order valence-corrected chi connectivity index (χ4v) is 2.52. The number of amides is 2. The highest BCUT2D eigenvalue weighted by Gasteiger charge is 2.20. The highest BCUT2D eigenvalue weighted by molar-refractivity contribution is 6.11. The average Bonchev–Trinajstić information content (AvgIpc) is 2.53. The van der Waals surface area contributed by atoms with Crippen molar-refractivity contribution in [1.29, 1.82) is 0 Å². The van der Waals surface area contributed by atoms with Crippen molar-refractivity contribution < 1.29 is 9.59 Å². The van der Waals surface area contributed by atoms with Gasteiger partial charge >= 0.3 is 0 Å². The van der Waals surface area contributed by atoms with Crippen molar-refractivity contribution in [3.8, 4) is 0 Å². The maximum Gasteiger partial charge on any atom is 0.239 e. The van der Waals surface area contributed by atoms with Gasteiger partial charge < -0.3 is 0 Å². The van der Waals surface area contributed by atoms with Gasteiger partial charge in [0.2, 0.25) is 17.8 Å². The number of carbonyl (C=O) groups excluding carboxylic acids is 2. The molecule has 0 radical (unpaired) electrons. The van der Waals surface area contributed by atoms with E-state index in [-0.39, 0.29) is 31.1 Å². The van der Waals surface area contributed by atoms with Crippen LogP contribution in [0.5, 0.6) is 0 Å². The molecule has 2 amide bonds. The monoisotopic (exact) mass is 401 g/mol. The second kappa shape index (κ2) is 11.3. The minimum atomic E-state index is -0.377. The molecule has 0 aliphatic rings. The SMILES string of the molecule is C.CC(=O)N(C(C)=O)c1nc(C)cc(C(C)C)n1.Cc1cc(C(C)C)nc(C)n1. The van der Waals surface area contributed by atoms with Crippen molar-refractivity contribution in [3.63, 3.8) is 0 Å². The number of carbonyl (C=O) groups is 2. The molecular weight excluding hydrogens is 366 g/mol. The van der Waals surface area contributed by atoms with E-state index < -0.39 is 0 Å². The number of hydrogen-bond donors (Lipinski definition) is 0. The molecule has 2 heterocycles. The molecule has 0 aliphatic carbocycles. The first-order valence-electron chi connectivity index (χ1n) is 9.41. The Hall–Kier alpha value is -2.70. The smallest absolute Gasteiger partial charge is 0.239 e. The quantitative estimate of drug-likeness (QED) is 0.743. The van der Waals surface area contributed by atoms with Crippen LogP contribution in [-0.2, 0) is 9.59 Å². The Kier molecular flexibility index (Phi) is 10.3. The van der Waals surface area contributed by atoms with Gasteiger partial charge in [-0.2, -0.15) is 0 Å². The second-order valence-corrected chi connectivity index (χ2v) is 7.40. The van der Waals surface area contributed by atoms with Gasteiger partial charge in [0.1, 0.15) is 5.82 Å². The zero-order chi connectivity index (χ0) is 21.6. The lowest BCUT2D eigenvalue weighted by Gasteiger charge is -2.17. The Morgan fingerprint density at radius 1 is 0.759 bits per heavy atom. The number of nitrogens with zero attached hydrogens (tertiary/aromatic N) is 5. The number of anilines is 1. The lowest BCUT2D eigenvalue weighted by molar-refractivity contribution is -0.124. The van der Waals surface area contributed by atoms with Crippen LogP contribution in [0.25, 0.3) is 0 Å². The Bertz CT molecular complexity index is 813. The molecule has 7 nitrogen and oxygen atoms in total. The van der Waals surface area contributed by atoms with Crippen LogP contribution in [0.3, 0.4) is 0 Å². The molecule has 29 heavy (non-hydrogen) atoms. The molecule has 2 aromatic heterocycles. The predicted octanol–water partition coefficient (Wildman–Crippen LogP) is 4.66. The summed E-state index contributed by atoms with van der Waals surface area (Å²) in [5, 5.41) is 0. The molecule has 0 unspecified atom stereocenters. The van der Waals surface area contributed by atoms with Crippen LogP contribution in [0.15, 0.2) is 12.1 Å². The normalized spacial score (nSPS) is 10.2. The van der Waals surface area contributed by atoms with Gasteiger partial charge in [-0.1, -0.05) is 35.1 Å². The lowest BCUT2D eigenvalue weighted by atomic mass is 10.1. The molecule has 0 aromatic carbocycles. The summed E-state index contributed by atoms with van der Waals surface area (Å²) in [6.45, 7) is 16.7. The molecule has 0 saturated heterocycles. The van der Waals surface area contributed by atoms with Gasteiger partial charge in [0.05, 0.1) is 0 Å². The van der Waals surface area contributed by atoms with E-state index in [1.54, 1.807) is 0 Å². The molecule has 0 bridgehead atoms. The van der Waals surface area contributed by atoms with Crippen molar-refractivity contribution in [2.24, 2.45) is 0 Å². The molecule has 2 aromatic rings. The van der Waals surface area contributed by atoms with Crippen molar-refractivity contribution in [1.82, 2.24) is 19.9 Å². The number of aromatic nitrogens is 4. The molecule has 0 spiro atoms. The Balaban J connectivity index is 0.000000568. The first-order chi connectivity index (χ1) is 12.9. The van der Waals surface area contributed by atoms with Crippen LogP contribution in [0.1, 0.15) is 89.4 Å². The van der Waals surface area contributed by atoms with Crippen LogP contribution < -0.4 is 4.90 Å². The third-order valence-electron chi connectivity index (χ3n) is 3.86. The van der Waals surface area contributed by atoms with Gasteiger partial charge in [0.25, 0.3) is 0 Å². The third-order valence-corrected chi connectivity index (χ3v) is 3.86. The van der Waals surface area contributed by atoms with E-state index in [0.29, 0.717) is 5.92 Å². The van der Waals surface area contributed by atoms with E-state index in [1.807, 2.05) is 46.8 Å². The Morgan fingerprint density at radius 3 is 1.55 bits per heavy atom. The minimum absolute atomic E-state index is 0. The first kappa shape index (κ1) is 26.3. The zero-order valence-corrected chi connectivity index (χ0v) is 18.4. The number of hydrogen-bond acceptors (Lipinski definition) is 6. The summed E-state index contributed by atoms with van der Waals surface area (Å²) >= 11 is 0. The standard InChI is InChI=1S/C12H17N3O2.C9H14N2.CH4/c1-7(2)11-6-8(3)13-12(14-11)15(9(4)16)10(5)17;1-6(2)9-5-7(3)10-8(4)11-9;/h6-7H,1-5H3;5-6H,1-4H3;1H4. The molecule has 0 aliphatic heterocycles. The van der Waals surface area contributed by atoms with E-state index in [0.717, 1.165) is 33.5 Å². The van der Waals surface area contributed by atoms with Crippen LogP contribution >= 0.6 is 0 Å². The molecule has 160 valence electrons. The van der Waals surface area contributed by atoms with Crippen molar-refractivity contribution >= 4 is 17.8 Å². The molecule has 7 heteroatoms. The largest absolute Gasteiger partial charge is 0.274 e. The van der Waals surface area contributed by atoms with E-state index >= 15 is 0 Å². The Labute approximate surface area is 175 Å². The fraction of sp³-hybridized carbons (Fsp3) is 0.545. The average molecular weight is 402 g/mol. The van der Waals surface area contributed by atoms with Gasteiger partial charge in [-0.05, 0) is 44.7 Å². The van der Waals surface area contributed by atoms with Gasteiger partial charge in [0, 0.05) is 36.6 Å². The van der Waals surface area contributed by atoms with E-state index in [4.69, 9.17) is 0 Å². The van der Waals surface area contributed by atoms with Crippen molar-refractivity contribution in [3.05, 3.63) is 40.7 Å². The molecule has 2 rings (SSSR count). The van der Waals surface area contributed by atoms with Gasteiger partial charge in [-0.15, -0.1) is 0 Å². The summed E-state index contributed by atoms with van der Waals surface area (Å²) in [5.41, 5.74) is 3.75. The number of aryl methyl sites for hydroxylation is 3. The van der Waals surface area contributed by atoms with Crippen molar-refractivity contribution in [2.75, 3.05) is 4.90 Å². The van der Waals surface area contributed by atoms with Gasteiger partial charge in [-0.3, -0.25) is 9.59 Å². The molecule has 0 N–H and O–H groups in total. The topological polar surface area (TPSA) is 88.9 Å². The maximum atomic E-state index is 11.4. The Morgan fingerprint density at radius 2 is 1.17 bits per heavy atom. The summed E-state index contributed by atoms with van der Waals surface area (Å²) < 4.78 is 0.